The molecule has 0 amide bonds. The van der Waals surface area contributed by atoms with Crippen molar-refractivity contribution in [3.8, 4) is 0 Å². The lowest BCUT2D eigenvalue weighted by molar-refractivity contribution is -0.372. The van der Waals surface area contributed by atoms with Crippen LogP contribution >= 0.6 is 0 Å². The van der Waals surface area contributed by atoms with Gasteiger partial charge in [-0.1, -0.05) is 39.8 Å². The van der Waals surface area contributed by atoms with E-state index >= 15 is 0 Å². The maximum atomic E-state index is 13.7. The van der Waals surface area contributed by atoms with Crippen molar-refractivity contribution in [2.75, 3.05) is 13.2 Å². The van der Waals surface area contributed by atoms with Crippen LogP contribution in [0.5, 0.6) is 0 Å². The van der Waals surface area contributed by atoms with Crippen LogP contribution < -0.4 is 0 Å². The average molecular weight is 781 g/mol. The molecule has 0 radical (unpaired) electrons. The SMILES string of the molecule is CC(C)[C@@]1([C@@H](C)O)CC[C@H]([C@H]2CC[C@H]3C4=CCC5C[C@@H](O[C@@H]6O[C@H](CO)[C@@H](O)[C@H](O)[C@H]6O[C@@H]6O[C@H](CO)[C@H](O)[C@H](O)[C@H]6O)CC[C@]5(C)C4=CC[C@]23C)C(=O)O1. The second-order valence-electron chi connectivity index (χ2n) is 18.5. The van der Waals surface area contributed by atoms with Crippen molar-refractivity contribution in [3.05, 3.63) is 23.3 Å². The summed E-state index contributed by atoms with van der Waals surface area (Å²) in [6.45, 7) is 9.17. The first kappa shape index (κ1) is 41.6. The number of cyclic esters (lactones) is 1. The van der Waals surface area contributed by atoms with Crippen molar-refractivity contribution >= 4 is 5.97 Å². The van der Waals surface area contributed by atoms with Gasteiger partial charge in [0.1, 0.15) is 54.4 Å². The van der Waals surface area contributed by atoms with E-state index in [1.54, 1.807) is 6.92 Å². The molecule has 55 heavy (non-hydrogen) atoms. The summed E-state index contributed by atoms with van der Waals surface area (Å²) in [6.07, 6.45) is -3.96. The van der Waals surface area contributed by atoms with E-state index in [1.807, 2.05) is 13.8 Å². The van der Waals surface area contributed by atoms with Gasteiger partial charge in [-0.05, 0) is 110 Å². The van der Waals surface area contributed by atoms with E-state index in [0.29, 0.717) is 25.2 Å². The van der Waals surface area contributed by atoms with Gasteiger partial charge in [0.25, 0.3) is 0 Å². The van der Waals surface area contributed by atoms with Crippen molar-refractivity contribution in [2.45, 2.75) is 172 Å². The summed E-state index contributed by atoms with van der Waals surface area (Å²) >= 11 is 0. The molecule has 5 fully saturated rings. The van der Waals surface area contributed by atoms with Crippen LogP contribution in [-0.4, -0.2) is 139 Å². The first-order valence-electron chi connectivity index (χ1n) is 20.6. The number of ether oxygens (including phenoxy) is 5. The van der Waals surface area contributed by atoms with Gasteiger partial charge in [-0.25, -0.2) is 0 Å². The highest BCUT2D eigenvalue weighted by atomic mass is 16.8. The summed E-state index contributed by atoms with van der Waals surface area (Å²) in [5.74, 6) is 0.437. The maximum Gasteiger partial charge on any atom is 0.309 e. The normalized spacial score (nSPS) is 50.7. The third kappa shape index (κ3) is 6.87. The topological polar surface area (TPSA) is 225 Å². The van der Waals surface area contributed by atoms with Crippen molar-refractivity contribution < 1.29 is 69.3 Å². The molecule has 14 nitrogen and oxygen atoms in total. The molecule has 4 aliphatic carbocycles. The number of hydrogen-bond acceptors (Lipinski definition) is 14. The Bertz CT molecular complexity index is 1460. The van der Waals surface area contributed by atoms with Gasteiger partial charge in [0.2, 0.25) is 0 Å². The molecule has 7 rings (SSSR count). The predicted octanol–water partition coefficient (Wildman–Crippen LogP) is 1.22. The molecule has 3 heterocycles. The summed E-state index contributed by atoms with van der Waals surface area (Å²) in [5.41, 5.74) is 1.78. The predicted molar refractivity (Wildman–Crippen MR) is 195 cm³/mol. The fourth-order valence-electron chi connectivity index (χ4n) is 11.8. The molecule has 312 valence electrons. The van der Waals surface area contributed by atoms with Crippen molar-refractivity contribution in [3.63, 3.8) is 0 Å². The highest BCUT2D eigenvalue weighted by Crippen LogP contribution is 2.65. The van der Waals surface area contributed by atoms with Crippen LogP contribution in [0.25, 0.3) is 0 Å². The van der Waals surface area contributed by atoms with Crippen LogP contribution in [0.1, 0.15) is 92.4 Å². The molecular formula is C41H64O14. The van der Waals surface area contributed by atoms with Gasteiger partial charge in [-0.2, -0.15) is 0 Å². The minimum atomic E-state index is -1.74. The Hall–Kier alpha value is -1.53. The highest BCUT2D eigenvalue weighted by Gasteiger charge is 2.60. The largest absolute Gasteiger partial charge is 0.456 e. The second kappa shape index (κ2) is 15.6. The van der Waals surface area contributed by atoms with Gasteiger partial charge in [-0.15, -0.1) is 0 Å². The fraction of sp³-hybridized carbons (Fsp3) is 0.878. The van der Waals surface area contributed by atoms with Crippen molar-refractivity contribution in [2.24, 2.45) is 40.4 Å². The van der Waals surface area contributed by atoms with Gasteiger partial charge in [0.05, 0.1) is 31.3 Å². The summed E-state index contributed by atoms with van der Waals surface area (Å²) in [4.78, 5) is 13.7. The number of esters is 1. The highest BCUT2D eigenvalue weighted by molar-refractivity contribution is 5.74. The zero-order valence-electron chi connectivity index (χ0n) is 32.8. The Morgan fingerprint density at radius 2 is 1.49 bits per heavy atom. The molecule has 1 unspecified atom stereocenters. The van der Waals surface area contributed by atoms with Crippen LogP contribution in [0, 0.1) is 40.4 Å². The number of aliphatic hydroxyl groups is 8. The summed E-state index contributed by atoms with van der Waals surface area (Å²) in [6, 6.07) is 0. The Morgan fingerprint density at radius 3 is 2.13 bits per heavy atom. The third-order valence-electron chi connectivity index (χ3n) is 15.4. The monoisotopic (exact) mass is 780 g/mol. The van der Waals surface area contributed by atoms with E-state index in [2.05, 4.69) is 26.0 Å². The molecule has 19 atom stereocenters. The van der Waals surface area contributed by atoms with E-state index in [4.69, 9.17) is 23.7 Å². The molecule has 3 aliphatic heterocycles. The zero-order valence-corrected chi connectivity index (χ0v) is 32.8. The van der Waals surface area contributed by atoms with Crippen LogP contribution in [0.15, 0.2) is 23.3 Å². The standard InChI is InChI=1S/C41H64O14/c1-19(2)41(20(3)44)15-11-24(36(50)55-41)26-9-8-25-23-7-6-21-16-22(10-13-39(21,4)27(23)12-14-40(25,26)5)51-38-35(33(48)31(46)29(18-43)53-38)54-37-34(49)32(47)30(45)28(17-42)52-37/h7,12,19-22,24-26,28-35,37-38,42-49H,6,8-11,13-18H2,1-5H3/t20-,21?,22+,24-,25+,26-,28-,29-,30+,31-,32+,33+,34-,35-,37+,38-,39+,40+,41-/m1/s1. The molecule has 0 spiro atoms. The van der Waals surface area contributed by atoms with Crippen LogP contribution in [0.4, 0.5) is 0 Å². The number of allylic oxidation sites excluding steroid dienone is 4. The van der Waals surface area contributed by atoms with Crippen molar-refractivity contribution in [1.82, 2.24) is 0 Å². The Labute approximate surface area is 323 Å². The number of carbonyl (C=O) groups is 1. The van der Waals surface area contributed by atoms with Gasteiger partial charge in [0.15, 0.2) is 12.6 Å². The first-order chi connectivity index (χ1) is 26.0. The molecule has 14 heteroatoms. The summed E-state index contributed by atoms with van der Waals surface area (Å²) < 4.78 is 30.0. The number of hydrogen-bond donors (Lipinski definition) is 8. The Kier molecular flexibility index (Phi) is 11.8. The van der Waals surface area contributed by atoms with Crippen LogP contribution in [0.2, 0.25) is 0 Å². The minimum absolute atomic E-state index is 0.0180. The van der Waals surface area contributed by atoms with Crippen LogP contribution in [-0.2, 0) is 28.5 Å². The molecule has 8 N–H and O–H groups in total. The lowest BCUT2D eigenvalue weighted by Gasteiger charge is -2.54. The maximum absolute atomic E-state index is 13.7. The molecule has 0 aromatic rings. The van der Waals surface area contributed by atoms with E-state index in [1.165, 1.54) is 11.1 Å². The van der Waals surface area contributed by atoms with Gasteiger partial charge in [0, 0.05) is 0 Å². The molecule has 0 aromatic carbocycles. The number of fused-ring (bicyclic) bond motifs is 5. The molecule has 0 aromatic heterocycles. The summed E-state index contributed by atoms with van der Waals surface area (Å²) in [7, 11) is 0. The lowest BCUT2D eigenvalue weighted by Crippen LogP contribution is -2.65. The molecule has 2 saturated carbocycles. The summed E-state index contributed by atoms with van der Waals surface area (Å²) in [5, 5.41) is 83.3. The minimum Gasteiger partial charge on any atom is -0.456 e. The van der Waals surface area contributed by atoms with Gasteiger partial charge >= 0.3 is 5.97 Å². The quantitative estimate of drug-likeness (QED) is 0.154. The average Bonchev–Trinajstić information content (AvgIpc) is 3.51. The van der Waals surface area contributed by atoms with E-state index in [0.717, 1.165) is 38.5 Å². The van der Waals surface area contributed by atoms with Crippen LogP contribution in [0.3, 0.4) is 0 Å². The van der Waals surface area contributed by atoms with E-state index in [-0.39, 0.29) is 46.6 Å². The van der Waals surface area contributed by atoms with E-state index in [9.17, 15) is 45.6 Å². The number of carbonyl (C=O) groups excluding carboxylic acids is 1. The number of rotatable bonds is 9. The molecule has 0 bridgehead atoms. The molecular weight excluding hydrogens is 716 g/mol. The molecule has 7 aliphatic rings. The first-order valence-corrected chi connectivity index (χ1v) is 20.6. The van der Waals surface area contributed by atoms with Gasteiger partial charge < -0.3 is 64.5 Å². The lowest BCUT2D eigenvalue weighted by atomic mass is 9.51. The fourth-order valence-corrected chi connectivity index (χ4v) is 11.8. The number of aliphatic hydroxyl groups excluding tert-OH is 8. The van der Waals surface area contributed by atoms with Crippen molar-refractivity contribution in [1.29, 1.82) is 0 Å². The third-order valence-corrected chi connectivity index (χ3v) is 15.4. The second-order valence-corrected chi connectivity index (χ2v) is 18.5. The Morgan fingerprint density at radius 1 is 0.818 bits per heavy atom. The van der Waals surface area contributed by atoms with Gasteiger partial charge in [-0.3, -0.25) is 4.79 Å². The van der Waals surface area contributed by atoms with E-state index < -0.39 is 86.3 Å². The molecule has 3 saturated heterocycles. The smallest absolute Gasteiger partial charge is 0.309 e. The zero-order chi connectivity index (χ0) is 39.8. The Balaban J connectivity index is 1.04.